The van der Waals surface area contributed by atoms with Gasteiger partial charge in [-0.05, 0) is 24.6 Å². The second-order valence-electron chi connectivity index (χ2n) is 4.53. The van der Waals surface area contributed by atoms with Crippen LogP contribution in [-0.4, -0.2) is 30.3 Å². The molecule has 0 aliphatic carbocycles. The molecule has 0 saturated heterocycles. The molecule has 0 heterocycles. The summed E-state index contributed by atoms with van der Waals surface area (Å²) in [5.41, 5.74) is 0.424. The number of methoxy groups -OCH3 is 1. The van der Waals surface area contributed by atoms with Gasteiger partial charge in [0.25, 0.3) is 0 Å². The van der Waals surface area contributed by atoms with E-state index in [0.717, 1.165) is 6.42 Å². The molecule has 1 unspecified atom stereocenters. The van der Waals surface area contributed by atoms with Gasteiger partial charge in [0.2, 0.25) is 0 Å². The van der Waals surface area contributed by atoms with Crippen LogP contribution in [0.4, 0.5) is 10.5 Å². The van der Waals surface area contributed by atoms with Crippen molar-refractivity contribution in [2.75, 3.05) is 12.4 Å². The number of carboxylic acids is 1. The lowest BCUT2D eigenvalue weighted by Crippen LogP contribution is -2.39. The SMILES string of the molecule is CCCC(CC(=O)O)NC(=O)Nc1cc(Cl)ccc1OC. The first kappa shape index (κ1) is 17.1. The topological polar surface area (TPSA) is 87.7 Å². The fourth-order valence-corrected chi connectivity index (χ4v) is 2.08. The van der Waals surface area contributed by atoms with Gasteiger partial charge in [-0.3, -0.25) is 4.79 Å². The van der Waals surface area contributed by atoms with Gasteiger partial charge in [0.15, 0.2) is 0 Å². The number of urea groups is 1. The van der Waals surface area contributed by atoms with Crippen molar-refractivity contribution in [3.05, 3.63) is 23.2 Å². The summed E-state index contributed by atoms with van der Waals surface area (Å²) in [6.07, 6.45) is 1.25. The molecule has 0 aliphatic heterocycles. The van der Waals surface area contributed by atoms with E-state index in [1.807, 2.05) is 6.92 Å². The maximum Gasteiger partial charge on any atom is 0.319 e. The van der Waals surface area contributed by atoms with E-state index in [2.05, 4.69) is 10.6 Å². The third-order valence-electron chi connectivity index (χ3n) is 2.80. The van der Waals surface area contributed by atoms with Crippen molar-refractivity contribution in [3.8, 4) is 5.75 Å². The molecule has 1 rings (SSSR count). The second-order valence-corrected chi connectivity index (χ2v) is 4.96. The zero-order chi connectivity index (χ0) is 15.8. The van der Waals surface area contributed by atoms with Gasteiger partial charge in [-0.2, -0.15) is 0 Å². The van der Waals surface area contributed by atoms with E-state index in [-0.39, 0.29) is 6.42 Å². The van der Waals surface area contributed by atoms with Crippen LogP contribution in [0.2, 0.25) is 5.02 Å². The predicted octanol–water partition coefficient (Wildman–Crippen LogP) is 3.11. The van der Waals surface area contributed by atoms with E-state index < -0.39 is 18.0 Å². The lowest BCUT2D eigenvalue weighted by Gasteiger charge is -2.17. The molecular weight excluding hydrogens is 296 g/mol. The second kappa shape index (κ2) is 8.36. The number of carbonyl (C=O) groups excluding carboxylic acids is 1. The van der Waals surface area contributed by atoms with Crippen molar-refractivity contribution in [1.29, 1.82) is 0 Å². The van der Waals surface area contributed by atoms with Gasteiger partial charge in [0.05, 0.1) is 19.2 Å². The summed E-state index contributed by atoms with van der Waals surface area (Å²) in [6.45, 7) is 1.93. The number of carboxylic acid groups (broad SMARTS) is 1. The molecule has 1 atom stereocenters. The number of aliphatic carboxylic acids is 1. The summed E-state index contributed by atoms with van der Waals surface area (Å²) >= 11 is 5.88. The van der Waals surface area contributed by atoms with Gasteiger partial charge in [-0.25, -0.2) is 4.79 Å². The van der Waals surface area contributed by atoms with E-state index in [9.17, 15) is 9.59 Å². The molecule has 0 fully saturated rings. The number of benzene rings is 1. The van der Waals surface area contributed by atoms with Crippen LogP contribution in [0, 0.1) is 0 Å². The number of nitrogens with one attached hydrogen (secondary N) is 2. The normalized spacial score (nSPS) is 11.6. The fourth-order valence-electron chi connectivity index (χ4n) is 1.91. The largest absolute Gasteiger partial charge is 0.495 e. The average Bonchev–Trinajstić information content (AvgIpc) is 2.38. The first-order valence-electron chi connectivity index (χ1n) is 6.59. The van der Waals surface area contributed by atoms with Gasteiger partial charge in [-0.15, -0.1) is 0 Å². The number of amides is 2. The number of anilines is 1. The van der Waals surface area contributed by atoms with Crippen LogP contribution >= 0.6 is 11.6 Å². The maximum atomic E-state index is 11.9. The van der Waals surface area contributed by atoms with Crippen molar-refractivity contribution < 1.29 is 19.4 Å². The summed E-state index contributed by atoms with van der Waals surface area (Å²) < 4.78 is 5.12. The average molecular weight is 315 g/mol. The highest BCUT2D eigenvalue weighted by atomic mass is 35.5. The molecule has 7 heteroatoms. The van der Waals surface area contributed by atoms with E-state index in [4.69, 9.17) is 21.4 Å². The quantitative estimate of drug-likeness (QED) is 0.721. The molecule has 0 aromatic heterocycles. The minimum atomic E-state index is -0.950. The maximum absolute atomic E-state index is 11.9. The zero-order valence-corrected chi connectivity index (χ0v) is 12.7. The van der Waals surface area contributed by atoms with Crippen LogP contribution < -0.4 is 15.4 Å². The fraction of sp³-hybridized carbons (Fsp3) is 0.429. The molecule has 21 heavy (non-hydrogen) atoms. The third-order valence-corrected chi connectivity index (χ3v) is 3.04. The summed E-state index contributed by atoms with van der Waals surface area (Å²) in [5, 5.41) is 14.5. The smallest absolute Gasteiger partial charge is 0.319 e. The van der Waals surface area contributed by atoms with E-state index in [0.29, 0.717) is 22.9 Å². The Kier molecular flexibility index (Phi) is 6.81. The Morgan fingerprint density at radius 2 is 2.14 bits per heavy atom. The molecule has 0 saturated carbocycles. The number of rotatable bonds is 7. The van der Waals surface area contributed by atoms with E-state index in [1.165, 1.54) is 7.11 Å². The monoisotopic (exact) mass is 314 g/mol. The highest BCUT2D eigenvalue weighted by molar-refractivity contribution is 6.31. The highest BCUT2D eigenvalue weighted by Gasteiger charge is 2.16. The van der Waals surface area contributed by atoms with Crippen LogP contribution in [0.25, 0.3) is 0 Å². The van der Waals surface area contributed by atoms with Crippen LogP contribution in [0.15, 0.2) is 18.2 Å². The highest BCUT2D eigenvalue weighted by Crippen LogP contribution is 2.27. The van der Waals surface area contributed by atoms with Crippen LogP contribution in [0.5, 0.6) is 5.75 Å². The molecular formula is C14H19ClN2O4. The minimum Gasteiger partial charge on any atom is -0.495 e. The van der Waals surface area contributed by atoms with Crippen molar-refractivity contribution >= 4 is 29.3 Å². The van der Waals surface area contributed by atoms with E-state index in [1.54, 1.807) is 18.2 Å². The molecule has 116 valence electrons. The van der Waals surface area contributed by atoms with E-state index >= 15 is 0 Å². The molecule has 1 aromatic rings. The Balaban J connectivity index is 2.71. The van der Waals surface area contributed by atoms with Gasteiger partial charge in [-0.1, -0.05) is 24.9 Å². The number of halogens is 1. The number of ether oxygens (including phenoxy) is 1. The standard InChI is InChI=1S/C14H19ClN2O4/c1-3-4-10(8-13(18)19)16-14(20)17-11-7-9(15)5-6-12(11)21-2/h5-7,10H,3-4,8H2,1-2H3,(H,18,19)(H2,16,17,20). The van der Waals surface area contributed by atoms with Gasteiger partial charge in [0.1, 0.15) is 5.75 Å². The Morgan fingerprint density at radius 3 is 2.71 bits per heavy atom. The Bertz CT molecular complexity index is 508. The summed E-state index contributed by atoms with van der Waals surface area (Å²) in [6, 6.07) is 3.94. The summed E-state index contributed by atoms with van der Waals surface area (Å²) in [4.78, 5) is 22.7. The van der Waals surface area contributed by atoms with Crippen molar-refractivity contribution in [1.82, 2.24) is 5.32 Å². The lowest BCUT2D eigenvalue weighted by atomic mass is 10.1. The van der Waals surface area contributed by atoms with Crippen molar-refractivity contribution in [2.24, 2.45) is 0 Å². The first-order valence-corrected chi connectivity index (χ1v) is 6.97. The van der Waals surface area contributed by atoms with Crippen LogP contribution in [-0.2, 0) is 4.79 Å². The molecule has 0 spiro atoms. The Hall–Kier alpha value is -1.95. The molecule has 3 N–H and O–H groups in total. The molecule has 2 amide bonds. The molecule has 1 aromatic carbocycles. The zero-order valence-electron chi connectivity index (χ0n) is 12.0. The summed E-state index contributed by atoms with van der Waals surface area (Å²) in [5.74, 6) is -0.478. The van der Waals surface area contributed by atoms with Crippen LogP contribution in [0.3, 0.4) is 0 Å². The molecule has 0 bridgehead atoms. The van der Waals surface area contributed by atoms with Gasteiger partial charge in [0, 0.05) is 11.1 Å². The van der Waals surface area contributed by atoms with Crippen molar-refractivity contribution in [3.63, 3.8) is 0 Å². The predicted molar refractivity (Wildman–Crippen MR) is 81.1 cm³/mol. The summed E-state index contributed by atoms with van der Waals surface area (Å²) in [7, 11) is 1.48. The Morgan fingerprint density at radius 1 is 1.43 bits per heavy atom. The lowest BCUT2D eigenvalue weighted by molar-refractivity contribution is -0.137. The van der Waals surface area contributed by atoms with Crippen molar-refractivity contribution in [2.45, 2.75) is 32.2 Å². The molecule has 6 nitrogen and oxygen atoms in total. The number of carbonyl (C=O) groups is 2. The van der Waals surface area contributed by atoms with Gasteiger partial charge >= 0.3 is 12.0 Å². The third kappa shape index (κ3) is 5.91. The molecule has 0 radical (unpaired) electrons. The first-order chi connectivity index (χ1) is 9.96. The number of hydrogen-bond acceptors (Lipinski definition) is 3. The van der Waals surface area contributed by atoms with Gasteiger partial charge < -0.3 is 20.5 Å². The molecule has 0 aliphatic rings. The Labute approximate surface area is 128 Å². The van der Waals surface area contributed by atoms with Crippen LogP contribution in [0.1, 0.15) is 26.2 Å². The minimum absolute atomic E-state index is 0.117. The number of hydrogen-bond donors (Lipinski definition) is 3.